The zero-order valence-corrected chi connectivity index (χ0v) is 16.5. The third-order valence-corrected chi connectivity index (χ3v) is 6.65. The van der Waals surface area contributed by atoms with Crippen LogP contribution in [0.4, 0.5) is 0 Å². The van der Waals surface area contributed by atoms with Gasteiger partial charge >= 0.3 is 0 Å². The van der Waals surface area contributed by atoms with Crippen molar-refractivity contribution in [1.29, 1.82) is 0 Å². The molecule has 0 fully saturated rings. The van der Waals surface area contributed by atoms with E-state index in [-0.39, 0.29) is 9.79 Å². The number of nitrogens with one attached hydrogen (secondary N) is 1. The minimum absolute atomic E-state index is 0.0506. The summed E-state index contributed by atoms with van der Waals surface area (Å²) in [7, 11) is -7.47. The van der Waals surface area contributed by atoms with Crippen LogP contribution in [0.15, 0.2) is 58.5 Å². The molecule has 2 aromatic heterocycles. The van der Waals surface area contributed by atoms with Crippen LogP contribution in [0.5, 0.6) is 0 Å². The smallest absolute Gasteiger partial charge is 0.241 e. The number of hydrogen-bond donors (Lipinski definition) is 1. The fraction of sp³-hybridized carbons (Fsp3) is 0.294. The summed E-state index contributed by atoms with van der Waals surface area (Å²) >= 11 is 0. The number of rotatable bonds is 7. The molecule has 0 aliphatic rings. The zero-order chi connectivity index (χ0) is 19.7. The Morgan fingerprint density at radius 1 is 1.04 bits per heavy atom. The standard InChI is InChI=1S/C17H20N4O4S2/c1-3-7-15(17-19-18-16-10-4-5-11-21(16)17)20-27(24,25)14-9-6-8-13(12-14)26(2,22)23/h4-6,8-12,15,20H,3,7H2,1-2H3/t15-/m0/s1. The molecule has 3 rings (SSSR count). The normalized spacial score (nSPS) is 13.7. The molecule has 0 unspecified atom stereocenters. The van der Waals surface area contributed by atoms with Gasteiger partial charge in [0.05, 0.1) is 15.8 Å². The molecule has 1 N–H and O–H groups in total. The van der Waals surface area contributed by atoms with Gasteiger partial charge in [-0.3, -0.25) is 4.40 Å². The molecule has 8 nitrogen and oxygen atoms in total. The summed E-state index contributed by atoms with van der Waals surface area (Å²) in [6, 6.07) is 10.1. The van der Waals surface area contributed by atoms with Gasteiger partial charge in [-0.1, -0.05) is 25.5 Å². The van der Waals surface area contributed by atoms with Gasteiger partial charge in [0.2, 0.25) is 10.0 Å². The van der Waals surface area contributed by atoms with E-state index >= 15 is 0 Å². The Balaban J connectivity index is 1.99. The van der Waals surface area contributed by atoms with E-state index in [1.54, 1.807) is 16.7 Å². The topological polar surface area (TPSA) is 110 Å². The van der Waals surface area contributed by atoms with E-state index in [1.165, 1.54) is 18.2 Å². The molecule has 144 valence electrons. The summed E-state index contributed by atoms with van der Waals surface area (Å²) < 4.78 is 53.6. The third-order valence-electron chi connectivity index (χ3n) is 4.07. The van der Waals surface area contributed by atoms with Crippen LogP contribution in [0.25, 0.3) is 5.65 Å². The maximum absolute atomic E-state index is 12.9. The van der Waals surface area contributed by atoms with Crippen molar-refractivity contribution in [3.8, 4) is 0 Å². The van der Waals surface area contributed by atoms with Crippen molar-refractivity contribution < 1.29 is 16.8 Å². The Bertz CT molecular complexity index is 1170. The first-order valence-corrected chi connectivity index (χ1v) is 11.7. The highest BCUT2D eigenvalue weighted by Crippen LogP contribution is 2.22. The number of sulfonamides is 1. The molecule has 0 saturated carbocycles. The largest absolute Gasteiger partial charge is 0.285 e. The summed E-state index contributed by atoms with van der Waals surface area (Å²) in [6.45, 7) is 1.94. The van der Waals surface area contributed by atoms with Crippen LogP contribution >= 0.6 is 0 Å². The van der Waals surface area contributed by atoms with E-state index in [2.05, 4.69) is 14.9 Å². The third kappa shape index (κ3) is 4.18. The summed E-state index contributed by atoms with van der Waals surface area (Å²) in [5.41, 5.74) is 0.617. The van der Waals surface area contributed by atoms with Gasteiger partial charge in [0.25, 0.3) is 0 Å². The first kappa shape index (κ1) is 19.5. The Kier molecular flexibility index (Phi) is 5.31. The average molecular weight is 409 g/mol. The number of aromatic nitrogens is 3. The van der Waals surface area contributed by atoms with Gasteiger partial charge in [-0.2, -0.15) is 0 Å². The molecule has 2 heterocycles. The number of hydrogen-bond acceptors (Lipinski definition) is 6. The van der Waals surface area contributed by atoms with Gasteiger partial charge in [0.1, 0.15) is 0 Å². The molecule has 0 aliphatic carbocycles. The second kappa shape index (κ2) is 7.37. The lowest BCUT2D eigenvalue weighted by atomic mass is 10.2. The molecule has 0 saturated heterocycles. The lowest BCUT2D eigenvalue weighted by Crippen LogP contribution is -2.30. The van der Waals surface area contributed by atoms with Gasteiger partial charge < -0.3 is 0 Å². The Labute approximate surface area is 158 Å². The Morgan fingerprint density at radius 2 is 1.78 bits per heavy atom. The lowest BCUT2D eigenvalue weighted by molar-refractivity contribution is 0.517. The van der Waals surface area contributed by atoms with Crippen LogP contribution in [-0.4, -0.2) is 37.7 Å². The van der Waals surface area contributed by atoms with Crippen molar-refractivity contribution >= 4 is 25.5 Å². The van der Waals surface area contributed by atoms with Crippen LogP contribution in [0.1, 0.15) is 31.6 Å². The number of benzene rings is 1. The van der Waals surface area contributed by atoms with Crippen molar-refractivity contribution in [2.45, 2.75) is 35.6 Å². The molecule has 1 aromatic carbocycles. The molecule has 1 atom stereocenters. The van der Waals surface area contributed by atoms with Crippen LogP contribution in [-0.2, 0) is 19.9 Å². The number of fused-ring (bicyclic) bond motifs is 1. The minimum Gasteiger partial charge on any atom is -0.285 e. The van der Waals surface area contributed by atoms with Gasteiger partial charge in [0.15, 0.2) is 21.3 Å². The Morgan fingerprint density at radius 3 is 2.48 bits per heavy atom. The molecule has 0 aliphatic heterocycles. The van der Waals surface area contributed by atoms with Crippen molar-refractivity contribution in [3.63, 3.8) is 0 Å². The van der Waals surface area contributed by atoms with Crippen molar-refractivity contribution in [3.05, 3.63) is 54.5 Å². The number of nitrogens with zero attached hydrogens (tertiary/aromatic N) is 3. The van der Waals surface area contributed by atoms with Gasteiger partial charge in [-0.05, 0) is 36.8 Å². The quantitative estimate of drug-likeness (QED) is 0.640. The highest BCUT2D eigenvalue weighted by Gasteiger charge is 2.25. The predicted molar refractivity (Wildman–Crippen MR) is 101 cm³/mol. The number of pyridine rings is 1. The van der Waals surface area contributed by atoms with E-state index in [0.29, 0.717) is 17.9 Å². The monoisotopic (exact) mass is 408 g/mol. The Hall–Kier alpha value is -2.30. The van der Waals surface area contributed by atoms with E-state index in [1.807, 2.05) is 19.1 Å². The summed E-state index contributed by atoms with van der Waals surface area (Å²) in [5.74, 6) is 0.482. The summed E-state index contributed by atoms with van der Waals surface area (Å²) in [6.07, 6.45) is 4.04. The van der Waals surface area contributed by atoms with E-state index < -0.39 is 25.9 Å². The predicted octanol–water partition coefficient (Wildman–Crippen LogP) is 1.95. The van der Waals surface area contributed by atoms with Crippen LogP contribution in [0.2, 0.25) is 0 Å². The molecular weight excluding hydrogens is 388 g/mol. The SMILES string of the molecule is CCC[C@H](NS(=O)(=O)c1cccc(S(C)(=O)=O)c1)c1nnc2ccccn12. The number of sulfone groups is 1. The molecule has 0 spiro atoms. The molecule has 0 bridgehead atoms. The van der Waals surface area contributed by atoms with E-state index in [0.717, 1.165) is 18.7 Å². The fourth-order valence-electron chi connectivity index (χ4n) is 2.75. The summed E-state index contributed by atoms with van der Waals surface area (Å²) in [5, 5.41) is 8.21. The molecule has 0 amide bonds. The maximum Gasteiger partial charge on any atom is 0.241 e. The molecule has 0 radical (unpaired) electrons. The minimum atomic E-state index is -3.95. The summed E-state index contributed by atoms with van der Waals surface area (Å²) in [4.78, 5) is -0.161. The van der Waals surface area contributed by atoms with Crippen LogP contribution in [0, 0.1) is 0 Å². The van der Waals surface area contributed by atoms with Gasteiger partial charge in [-0.15, -0.1) is 10.2 Å². The van der Waals surface area contributed by atoms with E-state index in [9.17, 15) is 16.8 Å². The first-order chi connectivity index (χ1) is 12.7. The van der Waals surface area contributed by atoms with Crippen molar-refractivity contribution in [2.24, 2.45) is 0 Å². The van der Waals surface area contributed by atoms with Crippen molar-refractivity contribution in [1.82, 2.24) is 19.3 Å². The van der Waals surface area contributed by atoms with Crippen molar-refractivity contribution in [2.75, 3.05) is 6.26 Å². The second-order valence-electron chi connectivity index (χ2n) is 6.20. The van der Waals surface area contributed by atoms with Crippen LogP contribution < -0.4 is 4.72 Å². The lowest BCUT2D eigenvalue weighted by Gasteiger charge is -2.17. The maximum atomic E-state index is 12.9. The first-order valence-electron chi connectivity index (χ1n) is 8.34. The fourth-order valence-corrected chi connectivity index (χ4v) is 4.77. The van der Waals surface area contributed by atoms with E-state index in [4.69, 9.17) is 0 Å². The molecular formula is C17H20N4O4S2. The van der Waals surface area contributed by atoms with Gasteiger partial charge in [-0.25, -0.2) is 21.6 Å². The van der Waals surface area contributed by atoms with Gasteiger partial charge in [0, 0.05) is 12.5 Å². The highest BCUT2D eigenvalue weighted by atomic mass is 32.2. The zero-order valence-electron chi connectivity index (χ0n) is 14.9. The highest BCUT2D eigenvalue weighted by molar-refractivity contribution is 7.91. The average Bonchev–Trinajstić information content (AvgIpc) is 3.05. The molecule has 27 heavy (non-hydrogen) atoms. The second-order valence-corrected chi connectivity index (χ2v) is 9.93. The molecule has 3 aromatic rings. The van der Waals surface area contributed by atoms with Crippen LogP contribution in [0.3, 0.4) is 0 Å². The molecule has 10 heteroatoms.